The van der Waals surface area contributed by atoms with Crippen molar-refractivity contribution in [1.29, 1.82) is 0 Å². The molecule has 2 aromatic rings. The lowest BCUT2D eigenvalue weighted by molar-refractivity contribution is -0.119. The smallest absolute Gasteiger partial charge is 0.414 e. The van der Waals surface area contributed by atoms with Gasteiger partial charge in [0.25, 0.3) is 0 Å². The average molecular weight is 448 g/mol. The predicted octanol–water partition coefficient (Wildman–Crippen LogP) is 3.04. The van der Waals surface area contributed by atoms with E-state index in [2.05, 4.69) is 15.2 Å². The van der Waals surface area contributed by atoms with Crippen molar-refractivity contribution >= 4 is 35.3 Å². The number of pyridine rings is 1. The van der Waals surface area contributed by atoms with Crippen LogP contribution in [-0.4, -0.2) is 60.8 Å². The molecule has 1 unspecified atom stereocenters. The first kappa shape index (κ1) is 21.4. The van der Waals surface area contributed by atoms with Crippen LogP contribution in [0.1, 0.15) is 6.92 Å². The summed E-state index contributed by atoms with van der Waals surface area (Å²) in [6, 6.07) is 5.63. The second kappa shape index (κ2) is 9.09. The minimum atomic E-state index is -0.794. The molecular formula is C21H22F2N4O3S. The number of halogens is 2. The highest BCUT2D eigenvalue weighted by Crippen LogP contribution is 2.32. The first-order valence-corrected chi connectivity index (χ1v) is 11.1. The fraction of sp³-hybridized carbons (Fsp3) is 0.381. The third kappa shape index (κ3) is 4.73. The number of nitrogens with zero attached hydrogens (tertiary/aromatic N) is 3. The molecule has 31 heavy (non-hydrogen) atoms. The van der Waals surface area contributed by atoms with Crippen LogP contribution in [0.15, 0.2) is 30.5 Å². The number of ether oxygens (including phenoxy) is 1. The van der Waals surface area contributed by atoms with Crippen LogP contribution in [0.25, 0.3) is 11.1 Å². The van der Waals surface area contributed by atoms with Gasteiger partial charge in [0.05, 0.1) is 24.3 Å². The van der Waals surface area contributed by atoms with Crippen molar-refractivity contribution in [2.24, 2.45) is 0 Å². The molecule has 2 fully saturated rings. The van der Waals surface area contributed by atoms with E-state index in [1.165, 1.54) is 13.1 Å². The van der Waals surface area contributed by atoms with E-state index in [1.54, 1.807) is 12.1 Å². The van der Waals surface area contributed by atoms with Crippen molar-refractivity contribution in [3.05, 3.63) is 42.1 Å². The highest BCUT2D eigenvalue weighted by atomic mass is 32.2. The SMILES string of the molecule is CC(=O)NCC1CN(c2cc(F)c(-c3ccc(N4CCSCC4)nc3)c(F)c2)C(=O)O1. The predicted molar refractivity (Wildman–Crippen MR) is 115 cm³/mol. The number of carbonyl (C=O) groups is 2. The summed E-state index contributed by atoms with van der Waals surface area (Å²) in [5, 5.41) is 2.56. The van der Waals surface area contributed by atoms with Gasteiger partial charge in [0.2, 0.25) is 5.91 Å². The minimum Gasteiger partial charge on any atom is -0.442 e. The molecule has 1 aromatic carbocycles. The third-order valence-corrected chi connectivity index (χ3v) is 6.11. The van der Waals surface area contributed by atoms with Crippen molar-refractivity contribution in [1.82, 2.24) is 10.3 Å². The Bertz CT molecular complexity index is 960. The third-order valence-electron chi connectivity index (χ3n) is 5.16. The summed E-state index contributed by atoms with van der Waals surface area (Å²) in [5.41, 5.74) is 0.188. The Morgan fingerprint density at radius 2 is 1.97 bits per heavy atom. The maximum Gasteiger partial charge on any atom is 0.414 e. The molecule has 164 valence electrons. The molecule has 1 atom stereocenters. The highest BCUT2D eigenvalue weighted by molar-refractivity contribution is 7.99. The Kier molecular flexibility index (Phi) is 6.26. The molecule has 3 heterocycles. The molecular weight excluding hydrogens is 426 g/mol. The topological polar surface area (TPSA) is 74.8 Å². The van der Waals surface area contributed by atoms with E-state index in [9.17, 15) is 18.4 Å². The van der Waals surface area contributed by atoms with Gasteiger partial charge in [0.1, 0.15) is 23.6 Å². The zero-order valence-corrected chi connectivity index (χ0v) is 17.8. The standard InChI is InChI=1S/C21H22F2N4O3S/c1-13(28)24-11-16-12-27(21(29)30-16)15-8-17(22)20(18(23)9-15)14-2-3-19(25-10-14)26-4-6-31-7-5-26/h2-3,8-10,16H,4-7,11-12H2,1H3,(H,24,28). The maximum absolute atomic E-state index is 14.9. The number of rotatable bonds is 5. The molecule has 0 bridgehead atoms. The van der Waals surface area contributed by atoms with E-state index in [0.717, 1.165) is 47.4 Å². The van der Waals surface area contributed by atoms with Gasteiger partial charge >= 0.3 is 6.09 Å². The van der Waals surface area contributed by atoms with Gasteiger partial charge in [-0.2, -0.15) is 11.8 Å². The number of amides is 2. The molecule has 4 rings (SSSR count). The normalized spacial score (nSPS) is 18.8. The minimum absolute atomic E-state index is 0.0597. The number of hydrogen-bond acceptors (Lipinski definition) is 6. The van der Waals surface area contributed by atoms with E-state index >= 15 is 0 Å². The number of cyclic esters (lactones) is 1. The van der Waals surface area contributed by atoms with E-state index < -0.39 is 23.8 Å². The fourth-order valence-corrected chi connectivity index (χ4v) is 4.50. The number of anilines is 2. The summed E-state index contributed by atoms with van der Waals surface area (Å²) in [6.07, 6.45) is 0.158. The molecule has 0 spiro atoms. The number of carbonyl (C=O) groups excluding carboxylic acids is 2. The van der Waals surface area contributed by atoms with E-state index in [1.807, 2.05) is 11.8 Å². The first-order valence-electron chi connectivity index (χ1n) is 9.93. The van der Waals surface area contributed by atoms with Crippen LogP contribution in [0.4, 0.5) is 25.1 Å². The summed E-state index contributed by atoms with van der Waals surface area (Å²) in [4.78, 5) is 30.8. The van der Waals surface area contributed by atoms with Gasteiger partial charge in [0.15, 0.2) is 0 Å². The van der Waals surface area contributed by atoms with Crippen LogP contribution in [0.5, 0.6) is 0 Å². The Morgan fingerprint density at radius 1 is 1.26 bits per heavy atom. The van der Waals surface area contributed by atoms with Gasteiger partial charge in [-0.1, -0.05) is 0 Å². The molecule has 1 N–H and O–H groups in total. The van der Waals surface area contributed by atoms with Crippen LogP contribution in [-0.2, 0) is 9.53 Å². The maximum atomic E-state index is 14.9. The van der Waals surface area contributed by atoms with Crippen molar-refractivity contribution in [2.75, 3.05) is 47.5 Å². The number of aromatic nitrogens is 1. The Morgan fingerprint density at radius 3 is 2.58 bits per heavy atom. The highest BCUT2D eigenvalue weighted by Gasteiger charge is 2.33. The summed E-state index contributed by atoms with van der Waals surface area (Å²) >= 11 is 1.89. The molecule has 2 saturated heterocycles. The molecule has 2 aliphatic rings. The van der Waals surface area contributed by atoms with Crippen molar-refractivity contribution in [2.45, 2.75) is 13.0 Å². The van der Waals surface area contributed by atoms with Crippen LogP contribution in [0.2, 0.25) is 0 Å². The fourth-order valence-electron chi connectivity index (χ4n) is 3.60. The molecule has 1 aromatic heterocycles. The second-order valence-corrected chi connectivity index (χ2v) is 8.57. The lowest BCUT2D eigenvalue weighted by Crippen LogP contribution is -2.33. The monoisotopic (exact) mass is 448 g/mol. The van der Waals surface area contributed by atoms with E-state index in [0.29, 0.717) is 5.56 Å². The Balaban J connectivity index is 1.52. The van der Waals surface area contributed by atoms with Crippen LogP contribution in [0, 0.1) is 11.6 Å². The molecule has 0 saturated carbocycles. The number of hydrogen-bond donors (Lipinski definition) is 1. The number of benzene rings is 1. The lowest BCUT2D eigenvalue weighted by atomic mass is 10.1. The van der Waals surface area contributed by atoms with Gasteiger partial charge in [-0.25, -0.2) is 18.6 Å². The van der Waals surface area contributed by atoms with Crippen molar-refractivity contribution < 1.29 is 23.1 Å². The van der Waals surface area contributed by atoms with Gasteiger partial charge in [-0.15, -0.1) is 0 Å². The first-order chi connectivity index (χ1) is 14.9. The van der Waals surface area contributed by atoms with E-state index in [4.69, 9.17) is 4.74 Å². The Hall–Kier alpha value is -2.88. The van der Waals surface area contributed by atoms with Gasteiger partial charge in [-0.05, 0) is 24.3 Å². The zero-order chi connectivity index (χ0) is 22.0. The lowest BCUT2D eigenvalue weighted by Gasteiger charge is -2.27. The molecule has 2 amide bonds. The van der Waals surface area contributed by atoms with E-state index in [-0.39, 0.29) is 30.2 Å². The summed E-state index contributed by atoms with van der Waals surface area (Å²) in [6.45, 7) is 3.35. The average Bonchev–Trinajstić information content (AvgIpc) is 3.13. The van der Waals surface area contributed by atoms with Crippen LogP contribution in [0.3, 0.4) is 0 Å². The van der Waals surface area contributed by atoms with Gasteiger partial charge < -0.3 is 15.0 Å². The summed E-state index contributed by atoms with van der Waals surface area (Å²) < 4.78 is 34.9. The van der Waals surface area contributed by atoms with Gasteiger partial charge in [0, 0.05) is 43.3 Å². The number of nitrogens with one attached hydrogen (secondary N) is 1. The summed E-state index contributed by atoms with van der Waals surface area (Å²) in [5.74, 6) is 0.993. The number of thioether (sulfide) groups is 1. The van der Waals surface area contributed by atoms with Gasteiger partial charge in [-0.3, -0.25) is 9.69 Å². The molecule has 0 radical (unpaired) electrons. The molecule has 7 nitrogen and oxygen atoms in total. The summed E-state index contributed by atoms with van der Waals surface area (Å²) in [7, 11) is 0. The van der Waals surface area contributed by atoms with Crippen molar-refractivity contribution in [3.63, 3.8) is 0 Å². The quantitative estimate of drug-likeness (QED) is 0.758. The van der Waals surface area contributed by atoms with Crippen LogP contribution >= 0.6 is 11.8 Å². The second-order valence-electron chi connectivity index (χ2n) is 7.34. The molecule has 10 heteroatoms. The Labute approximate surface area is 182 Å². The van der Waals surface area contributed by atoms with Crippen molar-refractivity contribution in [3.8, 4) is 11.1 Å². The van der Waals surface area contributed by atoms with Crippen LogP contribution < -0.4 is 15.1 Å². The molecule has 2 aliphatic heterocycles. The zero-order valence-electron chi connectivity index (χ0n) is 16.9. The largest absolute Gasteiger partial charge is 0.442 e. The molecule has 0 aliphatic carbocycles.